The third-order valence-electron chi connectivity index (χ3n) is 2.65. The van der Waals surface area contributed by atoms with E-state index in [1.165, 1.54) is 13.2 Å². The molecule has 1 aliphatic heterocycles. The zero-order valence-electron chi connectivity index (χ0n) is 9.09. The number of halogens is 2. The second-order valence-corrected chi connectivity index (χ2v) is 3.68. The van der Waals surface area contributed by atoms with Crippen LogP contribution in [0.2, 0.25) is 0 Å². The summed E-state index contributed by atoms with van der Waals surface area (Å²) in [6.07, 6.45) is 0. The van der Waals surface area contributed by atoms with Crippen molar-refractivity contribution in [2.75, 3.05) is 38.2 Å². The summed E-state index contributed by atoms with van der Waals surface area (Å²) in [5, 5.41) is 3.17. The highest BCUT2D eigenvalue weighted by molar-refractivity contribution is 5.60. The molecule has 1 heterocycles. The van der Waals surface area contributed by atoms with Gasteiger partial charge in [0.15, 0.2) is 5.82 Å². The van der Waals surface area contributed by atoms with Gasteiger partial charge in [0, 0.05) is 38.3 Å². The molecule has 0 radical (unpaired) electrons. The molecule has 5 heteroatoms. The number of ether oxygens (including phenoxy) is 1. The lowest BCUT2D eigenvalue weighted by Gasteiger charge is -2.30. The summed E-state index contributed by atoms with van der Waals surface area (Å²) in [6.45, 7) is 2.97. The van der Waals surface area contributed by atoms with E-state index >= 15 is 0 Å². The van der Waals surface area contributed by atoms with Crippen LogP contribution in [0.25, 0.3) is 0 Å². The van der Waals surface area contributed by atoms with Gasteiger partial charge in [0.05, 0.1) is 7.11 Å². The van der Waals surface area contributed by atoms with Crippen LogP contribution in [0.4, 0.5) is 14.5 Å². The fourth-order valence-electron chi connectivity index (χ4n) is 1.89. The zero-order chi connectivity index (χ0) is 11.5. The molecule has 1 fully saturated rings. The predicted molar refractivity (Wildman–Crippen MR) is 58.0 cm³/mol. The molecule has 3 nitrogen and oxygen atoms in total. The Hall–Kier alpha value is -1.36. The normalized spacial score (nSPS) is 16.3. The summed E-state index contributed by atoms with van der Waals surface area (Å²) < 4.78 is 31.7. The van der Waals surface area contributed by atoms with Crippen molar-refractivity contribution in [1.29, 1.82) is 0 Å². The molecule has 1 N–H and O–H groups in total. The van der Waals surface area contributed by atoms with Crippen molar-refractivity contribution in [1.82, 2.24) is 5.32 Å². The minimum absolute atomic E-state index is 0.249. The molecule has 2 rings (SSSR count). The maximum absolute atomic E-state index is 13.7. The van der Waals surface area contributed by atoms with Crippen molar-refractivity contribution in [2.45, 2.75) is 0 Å². The molecule has 0 unspecified atom stereocenters. The molecule has 88 valence electrons. The molecule has 1 saturated heterocycles. The molecule has 0 amide bonds. The molecular weight excluding hydrogens is 214 g/mol. The monoisotopic (exact) mass is 228 g/mol. The fourth-order valence-corrected chi connectivity index (χ4v) is 1.89. The van der Waals surface area contributed by atoms with Crippen molar-refractivity contribution < 1.29 is 13.5 Å². The molecule has 1 aliphatic rings. The standard InChI is InChI=1S/C11H14F2N2O/c1-16-10-7-8(12)6-9(13)11(10)15-4-2-14-3-5-15/h6-7,14H,2-5H2,1H3. The first-order valence-electron chi connectivity index (χ1n) is 5.21. The van der Waals surface area contributed by atoms with Crippen LogP contribution in [-0.4, -0.2) is 33.3 Å². The minimum Gasteiger partial charge on any atom is -0.494 e. The van der Waals surface area contributed by atoms with Crippen LogP contribution >= 0.6 is 0 Å². The van der Waals surface area contributed by atoms with Crippen molar-refractivity contribution >= 4 is 5.69 Å². The molecular formula is C11H14F2N2O. The Bertz CT molecular complexity index is 378. The Kier molecular flexibility index (Phi) is 3.24. The molecule has 0 bridgehead atoms. The van der Waals surface area contributed by atoms with E-state index in [0.29, 0.717) is 18.8 Å². The predicted octanol–water partition coefficient (Wildman–Crippen LogP) is 1.38. The molecule has 16 heavy (non-hydrogen) atoms. The number of hydrogen-bond donors (Lipinski definition) is 1. The number of rotatable bonds is 2. The van der Waals surface area contributed by atoms with Gasteiger partial charge in [-0.1, -0.05) is 0 Å². The summed E-state index contributed by atoms with van der Waals surface area (Å²) in [4.78, 5) is 1.87. The van der Waals surface area contributed by atoms with Crippen LogP contribution in [-0.2, 0) is 0 Å². The Morgan fingerprint density at radius 3 is 2.56 bits per heavy atom. The number of methoxy groups -OCH3 is 1. The first kappa shape index (κ1) is 11.1. The van der Waals surface area contributed by atoms with Gasteiger partial charge in [-0.2, -0.15) is 0 Å². The van der Waals surface area contributed by atoms with Crippen molar-refractivity contribution in [3.8, 4) is 5.75 Å². The van der Waals surface area contributed by atoms with Crippen molar-refractivity contribution in [3.63, 3.8) is 0 Å². The van der Waals surface area contributed by atoms with Gasteiger partial charge in [-0.15, -0.1) is 0 Å². The van der Waals surface area contributed by atoms with Gasteiger partial charge < -0.3 is 15.0 Å². The van der Waals surface area contributed by atoms with Gasteiger partial charge in [0.25, 0.3) is 0 Å². The van der Waals surface area contributed by atoms with E-state index in [9.17, 15) is 8.78 Å². The third-order valence-corrected chi connectivity index (χ3v) is 2.65. The van der Waals surface area contributed by atoms with Crippen LogP contribution in [0.15, 0.2) is 12.1 Å². The lowest BCUT2D eigenvalue weighted by atomic mass is 10.2. The highest BCUT2D eigenvalue weighted by Crippen LogP contribution is 2.32. The van der Waals surface area contributed by atoms with Gasteiger partial charge in [-0.3, -0.25) is 0 Å². The lowest BCUT2D eigenvalue weighted by molar-refractivity contribution is 0.404. The first-order valence-corrected chi connectivity index (χ1v) is 5.21. The average Bonchev–Trinajstić information content (AvgIpc) is 2.29. The Morgan fingerprint density at radius 2 is 1.94 bits per heavy atom. The van der Waals surface area contributed by atoms with Crippen LogP contribution < -0.4 is 15.0 Å². The summed E-state index contributed by atoms with van der Waals surface area (Å²) in [7, 11) is 1.42. The van der Waals surface area contributed by atoms with E-state index < -0.39 is 11.6 Å². The minimum atomic E-state index is -0.617. The quantitative estimate of drug-likeness (QED) is 0.827. The van der Waals surface area contributed by atoms with Crippen LogP contribution in [0.3, 0.4) is 0 Å². The third kappa shape index (κ3) is 2.09. The van der Waals surface area contributed by atoms with Gasteiger partial charge in [0.2, 0.25) is 0 Å². The number of hydrogen-bond acceptors (Lipinski definition) is 3. The smallest absolute Gasteiger partial charge is 0.153 e. The Balaban J connectivity index is 2.37. The molecule has 1 aromatic carbocycles. The molecule has 0 saturated carbocycles. The number of piperazine rings is 1. The van der Waals surface area contributed by atoms with E-state index in [1.807, 2.05) is 4.90 Å². The van der Waals surface area contributed by atoms with Gasteiger partial charge >= 0.3 is 0 Å². The van der Waals surface area contributed by atoms with E-state index in [4.69, 9.17) is 4.74 Å². The van der Waals surface area contributed by atoms with Gasteiger partial charge in [0.1, 0.15) is 17.3 Å². The Morgan fingerprint density at radius 1 is 1.25 bits per heavy atom. The van der Waals surface area contributed by atoms with Crippen molar-refractivity contribution in [2.24, 2.45) is 0 Å². The average molecular weight is 228 g/mol. The fraction of sp³-hybridized carbons (Fsp3) is 0.455. The highest BCUT2D eigenvalue weighted by atomic mass is 19.1. The first-order chi connectivity index (χ1) is 7.72. The summed E-state index contributed by atoms with van der Waals surface area (Å²) in [5.41, 5.74) is 0.352. The molecule has 0 aliphatic carbocycles. The van der Waals surface area contributed by atoms with E-state index in [0.717, 1.165) is 19.2 Å². The number of anilines is 1. The van der Waals surface area contributed by atoms with Gasteiger partial charge in [-0.05, 0) is 0 Å². The highest BCUT2D eigenvalue weighted by Gasteiger charge is 2.20. The van der Waals surface area contributed by atoms with E-state index in [-0.39, 0.29) is 5.75 Å². The summed E-state index contributed by atoms with van der Waals surface area (Å²) in [6, 6.07) is 2.10. The number of benzene rings is 1. The molecule has 0 spiro atoms. The lowest BCUT2D eigenvalue weighted by Crippen LogP contribution is -2.44. The largest absolute Gasteiger partial charge is 0.494 e. The maximum atomic E-state index is 13.7. The summed E-state index contributed by atoms with van der Waals surface area (Å²) in [5.74, 6) is -0.939. The zero-order valence-corrected chi connectivity index (χ0v) is 9.09. The van der Waals surface area contributed by atoms with Crippen LogP contribution in [0.1, 0.15) is 0 Å². The second kappa shape index (κ2) is 4.65. The van der Waals surface area contributed by atoms with Crippen molar-refractivity contribution in [3.05, 3.63) is 23.8 Å². The SMILES string of the molecule is COc1cc(F)cc(F)c1N1CCNCC1. The maximum Gasteiger partial charge on any atom is 0.153 e. The van der Waals surface area contributed by atoms with Gasteiger partial charge in [-0.25, -0.2) is 8.78 Å². The number of nitrogens with one attached hydrogen (secondary N) is 1. The molecule has 1 aromatic rings. The van der Waals surface area contributed by atoms with E-state index in [2.05, 4.69) is 5.32 Å². The molecule has 0 atom stereocenters. The Labute approximate surface area is 93.0 Å². The molecule has 0 aromatic heterocycles. The second-order valence-electron chi connectivity index (χ2n) is 3.68. The summed E-state index contributed by atoms with van der Waals surface area (Å²) >= 11 is 0. The van der Waals surface area contributed by atoms with Crippen LogP contribution in [0, 0.1) is 11.6 Å². The van der Waals surface area contributed by atoms with E-state index in [1.54, 1.807) is 0 Å². The number of nitrogens with zero attached hydrogens (tertiary/aromatic N) is 1. The topological polar surface area (TPSA) is 24.5 Å². The van der Waals surface area contributed by atoms with Crippen LogP contribution in [0.5, 0.6) is 5.75 Å².